The van der Waals surface area contributed by atoms with E-state index in [0.29, 0.717) is 52.6 Å². The first-order valence-corrected chi connectivity index (χ1v) is 21.4. The van der Waals surface area contributed by atoms with Gasteiger partial charge in [0.15, 0.2) is 5.69 Å². The molecule has 2 aliphatic rings. The van der Waals surface area contributed by atoms with Crippen molar-refractivity contribution in [1.82, 2.24) is 38.9 Å². The highest BCUT2D eigenvalue weighted by Gasteiger charge is 2.46. The second-order valence-electron chi connectivity index (χ2n) is 16.0. The number of para-hydroxylation sites is 1. The number of aryl methyl sites for hydroxylation is 3. The number of amides is 4. The number of pyridine rings is 2. The van der Waals surface area contributed by atoms with Crippen LogP contribution in [0.4, 0.5) is 5.69 Å². The number of hydrogen-bond acceptors (Lipinski definition) is 9. The maximum atomic E-state index is 14.5. The number of nitrogens with zero attached hydrogens (tertiary/aromatic N) is 7. The minimum absolute atomic E-state index is 0.0914. The summed E-state index contributed by atoms with van der Waals surface area (Å²) in [5, 5.41) is 6.12. The first-order valence-electron chi connectivity index (χ1n) is 20.6. The topological polar surface area (TPSA) is 184 Å². The minimum Gasteiger partial charge on any atom is -0.480 e. The first-order chi connectivity index (χ1) is 30.2. The van der Waals surface area contributed by atoms with E-state index in [1.54, 1.807) is 49.0 Å². The molecule has 326 valence electrons. The van der Waals surface area contributed by atoms with E-state index in [9.17, 15) is 28.8 Å². The van der Waals surface area contributed by atoms with Crippen LogP contribution in [0.15, 0.2) is 76.6 Å². The number of aromatic nitrogens is 6. The van der Waals surface area contributed by atoms with Gasteiger partial charge in [-0.05, 0) is 81.0 Å². The van der Waals surface area contributed by atoms with Crippen LogP contribution in [0.3, 0.4) is 0 Å². The second-order valence-corrected chi connectivity index (χ2v) is 16.9. The Morgan fingerprint density at radius 1 is 0.984 bits per heavy atom. The molecule has 0 bridgehead atoms. The van der Waals surface area contributed by atoms with Crippen LogP contribution in [-0.2, 0) is 30.1 Å². The van der Waals surface area contributed by atoms with Crippen LogP contribution < -0.4 is 31.5 Å². The predicted molar refractivity (Wildman–Crippen MR) is 238 cm³/mol. The average Bonchev–Trinajstić information content (AvgIpc) is 3.87. The molecule has 6 aromatic rings. The Bertz CT molecular complexity index is 2950. The number of rotatable bonds is 13. The third kappa shape index (κ3) is 7.82. The summed E-state index contributed by atoms with van der Waals surface area (Å²) in [6, 6.07) is 14.0. The number of halogens is 2. The van der Waals surface area contributed by atoms with Gasteiger partial charge in [-0.15, -0.1) is 0 Å². The number of ether oxygens (including phenoxy) is 1. The van der Waals surface area contributed by atoms with Gasteiger partial charge in [-0.2, -0.15) is 0 Å². The fourth-order valence-corrected chi connectivity index (χ4v) is 9.10. The number of nitrogens with one attached hydrogen (secondary N) is 2. The highest BCUT2D eigenvalue weighted by atomic mass is 35.5. The largest absolute Gasteiger partial charge is 0.480 e. The van der Waals surface area contributed by atoms with Crippen molar-refractivity contribution in [3.63, 3.8) is 0 Å². The number of fused-ring (bicyclic) bond motifs is 2. The lowest BCUT2D eigenvalue weighted by molar-refractivity contribution is -0.135. The van der Waals surface area contributed by atoms with Crippen molar-refractivity contribution in [3.8, 4) is 17.3 Å². The van der Waals surface area contributed by atoms with Crippen molar-refractivity contribution in [3.05, 3.63) is 126 Å². The molecule has 4 aromatic heterocycles. The van der Waals surface area contributed by atoms with E-state index in [1.165, 1.54) is 39.6 Å². The van der Waals surface area contributed by atoms with Gasteiger partial charge in [0, 0.05) is 50.5 Å². The zero-order valence-electron chi connectivity index (χ0n) is 35.3. The van der Waals surface area contributed by atoms with Gasteiger partial charge < -0.3 is 19.2 Å². The lowest BCUT2D eigenvalue weighted by atomic mass is 10.0. The number of carbonyl (C=O) groups excluding carboxylic acids is 4. The molecule has 6 heterocycles. The van der Waals surface area contributed by atoms with E-state index in [-0.39, 0.29) is 64.2 Å². The molecule has 18 heteroatoms. The summed E-state index contributed by atoms with van der Waals surface area (Å²) in [7, 11) is 4.72. The highest BCUT2D eigenvalue weighted by Crippen LogP contribution is 2.45. The van der Waals surface area contributed by atoms with Gasteiger partial charge in [0.05, 0.1) is 40.0 Å². The number of benzene rings is 2. The summed E-state index contributed by atoms with van der Waals surface area (Å²) >= 11 is 12.7. The normalized spacial score (nSPS) is 16.3. The van der Waals surface area contributed by atoms with E-state index >= 15 is 0 Å². The fourth-order valence-electron chi connectivity index (χ4n) is 8.73. The van der Waals surface area contributed by atoms with Crippen molar-refractivity contribution < 1.29 is 23.9 Å². The Labute approximate surface area is 371 Å². The zero-order chi connectivity index (χ0) is 44.9. The number of piperidine rings is 1. The number of anilines is 1. The molecule has 63 heavy (non-hydrogen) atoms. The molecule has 0 saturated carbocycles. The third-order valence-electron chi connectivity index (χ3n) is 11.6. The van der Waals surface area contributed by atoms with Gasteiger partial charge >= 0.3 is 5.69 Å². The average molecular weight is 895 g/mol. The van der Waals surface area contributed by atoms with E-state index in [0.717, 1.165) is 23.9 Å². The van der Waals surface area contributed by atoms with Crippen LogP contribution in [0.25, 0.3) is 22.4 Å². The van der Waals surface area contributed by atoms with E-state index in [4.69, 9.17) is 32.9 Å². The Balaban J connectivity index is 1.01. The Morgan fingerprint density at radius 3 is 2.46 bits per heavy atom. The van der Waals surface area contributed by atoms with Gasteiger partial charge in [-0.3, -0.25) is 43.3 Å². The van der Waals surface area contributed by atoms with Gasteiger partial charge in [-0.1, -0.05) is 53.9 Å². The minimum atomic E-state index is -0.788. The fraction of sp³-hybridized carbons (Fsp3) is 0.333. The van der Waals surface area contributed by atoms with Crippen LogP contribution in [0.1, 0.15) is 102 Å². The van der Waals surface area contributed by atoms with Crippen molar-refractivity contribution in [1.29, 1.82) is 0 Å². The lowest BCUT2D eigenvalue weighted by Gasteiger charge is -2.28. The smallest absolute Gasteiger partial charge is 0.329 e. The van der Waals surface area contributed by atoms with Crippen LogP contribution in [-0.4, -0.2) is 65.5 Å². The van der Waals surface area contributed by atoms with Gasteiger partial charge in [-0.25, -0.2) is 14.8 Å². The highest BCUT2D eigenvalue weighted by molar-refractivity contribution is 6.31. The van der Waals surface area contributed by atoms with Gasteiger partial charge in [0.25, 0.3) is 17.4 Å². The molecule has 2 atom stereocenters. The Kier molecular flexibility index (Phi) is 11.9. The van der Waals surface area contributed by atoms with E-state index in [2.05, 4.69) is 15.6 Å². The van der Waals surface area contributed by atoms with Crippen LogP contribution >= 0.6 is 23.2 Å². The second kappa shape index (κ2) is 17.3. The Hall–Kier alpha value is -6.52. The predicted octanol–water partition coefficient (Wildman–Crippen LogP) is 6.06. The van der Waals surface area contributed by atoms with Crippen molar-refractivity contribution in [2.75, 3.05) is 18.6 Å². The molecule has 1 fully saturated rings. The molecule has 8 rings (SSSR count). The first kappa shape index (κ1) is 43.1. The summed E-state index contributed by atoms with van der Waals surface area (Å²) in [4.78, 5) is 90.2. The van der Waals surface area contributed by atoms with E-state index in [1.807, 2.05) is 36.6 Å². The molecule has 2 aromatic carbocycles. The van der Waals surface area contributed by atoms with Crippen molar-refractivity contribution in [2.45, 2.75) is 70.5 Å². The molecule has 1 unspecified atom stereocenters. The number of methoxy groups -OCH3 is 1. The molecule has 0 aliphatic carbocycles. The number of imide groups is 1. The van der Waals surface area contributed by atoms with Crippen molar-refractivity contribution in [2.24, 2.45) is 14.1 Å². The SMILES string of the molecule is COc1ncc(C(=O)NCCCCCc2cccc3c2n(C)c(=O)n3C2CCC(=O)NC2=O)cc1-c1nc2c(n1C(C)C)[C@H](c1ccc(Cl)cc1)N(c1cc(Cl)cn(C)c1=O)C2=O. The van der Waals surface area contributed by atoms with Crippen molar-refractivity contribution >= 4 is 63.6 Å². The van der Waals surface area contributed by atoms with Crippen LogP contribution in [0.2, 0.25) is 10.0 Å². The maximum Gasteiger partial charge on any atom is 0.329 e. The monoisotopic (exact) mass is 893 g/mol. The zero-order valence-corrected chi connectivity index (χ0v) is 36.8. The van der Waals surface area contributed by atoms with Gasteiger partial charge in [0.1, 0.15) is 23.6 Å². The molecule has 16 nitrogen and oxygen atoms in total. The number of imidazole rings is 2. The Morgan fingerprint density at radius 2 is 1.75 bits per heavy atom. The standard InChI is InChI=1S/C45H45Cl2N9O7/c1-24(2)54-38-35(44(61)56(33-21-29(47)23-52(3)43(33)60)37(38)26-13-15-28(46)16-14-26)51-39(54)30-20-27(22-49-42(30)63-5)40(58)48-19-8-6-7-10-25-11-9-12-31-36(25)53(4)45(62)55(31)32-17-18-34(57)50-41(32)59/h9,11-16,20-24,32,37H,6-8,10,17-19H2,1-5H3,(H,48,58)(H,50,57,59)/t32?,37-/m0/s1. The van der Waals surface area contributed by atoms with Crippen LogP contribution in [0, 0.1) is 0 Å². The number of carbonyl (C=O) groups is 4. The lowest BCUT2D eigenvalue weighted by Crippen LogP contribution is -2.44. The molecule has 0 radical (unpaired) electrons. The summed E-state index contributed by atoms with van der Waals surface area (Å²) in [6.07, 6.45) is 6.25. The van der Waals surface area contributed by atoms with Gasteiger partial charge in [0.2, 0.25) is 17.7 Å². The summed E-state index contributed by atoms with van der Waals surface area (Å²) < 4.78 is 12.0. The third-order valence-corrected chi connectivity index (χ3v) is 12.1. The summed E-state index contributed by atoms with van der Waals surface area (Å²) in [5.74, 6) is -1.11. The molecule has 4 amide bonds. The summed E-state index contributed by atoms with van der Waals surface area (Å²) in [6.45, 7) is 4.29. The molecular weight excluding hydrogens is 849 g/mol. The molecule has 2 N–H and O–H groups in total. The molecular formula is C45H45Cl2N9O7. The molecule has 2 aliphatic heterocycles. The molecule has 1 saturated heterocycles. The maximum absolute atomic E-state index is 14.5. The molecule has 0 spiro atoms. The van der Waals surface area contributed by atoms with Crippen LogP contribution in [0.5, 0.6) is 5.88 Å². The quantitative estimate of drug-likeness (QED) is 0.103. The number of hydrogen-bond donors (Lipinski definition) is 2. The number of unbranched alkanes of at least 4 members (excludes halogenated alkanes) is 2. The summed E-state index contributed by atoms with van der Waals surface area (Å²) in [5.41, 5.74) is 3.75. The van der Waals surface area contributed by atoms with E-state index < -0.39 is 29.5 Å².